The molecule has 3 aliphatic rings. The quantitative estimate of drug-likeness (QED) is 0.229. The summed E-state index contributed by atoms with van der Waals surface area (Å²) in [7, 11) is 1.55. The highest BCUT2D eigenvalue weighted by atomic mass is 19.4. The molecule has 0 radical (unpaired) electrons. The molecule has 2 aromatic carbocycles. The number of aliphatic carboxylic acids is 1. The van der Waals surface area contributed by atoms with E-state index in [-0.39, 0.29) is 36.5 Å². The number of hydrogen-bond acceptors (Lipinski definition) is 7. The maximum atomic E-state index is 13.8. The first-order chi connectivity index (χ1) is 23.2. The third-order valence-electron chi connectivity index (χ3n) is 10.3. The summed E-state index contributed by atoms with van der Waals surface area (Å²) in [6.45, 7) is 4.08. The van der Waals surface area contributed by atoms with Crippen molar-refractivity contribution in [2.24, 2.45) is 18.9 Å². The Bertz CT molecular complexity index is 1630. The van der Waals surface area contributed by atoms with Crippen LogP contribution in [0.1, 0.15) is 96.4 Å². The zero-order valence-corrected chi connectivity index (χ0v) is 27.4. The minimum absolute atomic E-state index is 0.102. The average molecular weight is 695 g/mol. The number of benzene rings is 2. The van der Waals surface area contributed by atoms with Crippen LogP contribution in [0.2, 0.25) is 0 Å². The average Bonchev–Trinajstić information content (AvgIpc) is 3.64. The van der Waals surface area contributed by atoms with Gasteiger partial charge in [0.15, 0.2) is 0 Å². The number of nitrogens with zero attached hydrogens (tertiary/aromatic N) is 6. The molecule has 3 aromatic rings. The van der Waals surface area contributed by atoms with E-state index >= 15 is 0 Å². The number of anilines is 2. The van der Waals surface area contributed by atoms with E-state index in [2.05, 4.69) is 26.4 Å². The van der Waals surface area contributed by atoms with Gasteiger partial charge < -0.3 is 19.6 Å². The van der Waals surface area contributed by atoms with Gasteiger partial charge in [-0.2, -0.15) is 31.1 Å². The zero-order valence-electron chi connectivity index (χ0n) is 27.4. The molecule has 9 nitrogen and oxygen atoms in total. The number of carbonyl (C=O) groups is 1. The maximum Gasteiger partial charge on any atom is 0.416 e. The van der Waals surface area contributed by atoms with Gasteiger partial charge in [0.2, 0.25) is 0 Å². The normalized spacial score (nSPS) is 21.3. The number of carboxylic acids is 1. The molecular weight excluding hydrogens is 654 g/mol. The lowest BCUT2D eigenvalue weighted by Crippen LogP contribution is -2.31. The predicted molar refractivity (Wildman–Crippen MR) is 168 cm³/mol. The largest absolute Gasteiger partial charge is 0.481 e. The number of tetrazole rings is 1. The molecule has 1 aromatic heterocycles. The van der Waals surface area contributed by atoms with E-state index in [1.807, 2.05) is 6.92 Å². The summed E-state index contributed by atoms with van der Waals surface area (Å²) >= 11 is 0. The third-order valence-corrected chi connectivity index (χ3v) is 10.3. The van der Waals surface area contributed by atoms with Gasteiger partial charge in [-0.1, -0.05) is 17.9 Å². The first-order valence-electron chi connectivity index (χ1n) is 16.7. The summed E-state index contributed by atoms with van der Waals surface area (Å²) in [4.78, 5) is 16.5. The van der Waals surface area contributed by atoms with Gasteiger partial charge in [-0.15, -0.1) is 5.10 Å². The molecule has 0 spiro atoms. The van der Waals surface area contributed by atoms with Crippen molar-refractivity contribution < 1.29 is 41.0 Å². The number of hydrogen-bond donors (Lipinski definition) is 1. The van der Waals surface area contributed by atoms with Crippen LogP contribution in [0.3, 0.4) is 0 Å². The number of carboxylic acid groups (broad SMARTS) is 1. The Labute approximate surface area is 280 Å². The Morgan fingerprint density at radius 1 is 0.980 bits per heavy atom. The molecule has 0 amide bonds. The van der Waals surface area contributed by atoms with Crippen molar-refractivity contribution in [3.05, 3.63) is 63.2 Å². The van der Waals surface area contributed by atoms with Crippen molar-refractivity contribution in [1.82, 2.24) is 20.2 Å². The fraction of sp³-hybridized carbons (Fsp3) is 0.588. The Morgan fingerprint density at radius 3 is 2.27 bits per heavy atom. The van der Waals surface area contributed by atoms with Crippen LogP contribution < -0.4 is 9.80 Å². The molecule has 15 heteroatoms. The van der Waals surface area contributed by atoms with Crippen LogP contribution in [0, 0.1) is 18.8 Å². The van der Waals surface area contributed by atoms with Gasteiger partial charge >= 0.3 is 18.3 Å². The number of rotatable bonds is 9. The van der Waals surface area contributed by atoms with Gasteiger partial charge in [0.1, 0.15) is 0 Å². The molecule has 1 saturated carbocycles. The zero-order chi connectivity index (χ0) is 35.1. The molecule has 0 saturated heterocycles. The Balaban J connectivity index is 1.36. The minimum Gasteiger partial charge on any atom is -0.481 e. The monoisotopic (exact) mass is 694 g/mol. The van der Waals surface area contributed by atoms with Crippen molar-refractivity contribution in [3.63, 3.8) is 0 Å². The van der Waals surface area contributed by atoms with Crippen LogP contribution in [-0.2, 0) is 48.7 Å². The Hall–Kier alpha value is -3.88. The van der Waals surface area contributed by atoms with E-state index in [1.165, 1.54) is 4.80 Å². The highest BCUT2D eigenvalue weighted by Gasteiger charge is 2.39. The number of aromatic nitrogens is 4. The van der Waals surface area contributed by atoms with Crippen LogP contribution in [0.15, 0.2) is 24.3 Å². The van der Waals surface area contributed by atoms with E-state index in [9.17, 15) is 36.2 Å². The molecule has 1 atom stereocenters. The lowest BCUT2D eigenvalue weighted by molar-refractivity contribution is -0.143. The Kier molecular flexibility index (Phi) is 9.84. The topological polar surface area (TPSA) is 96.6 Å². The summed E-state index contributed by atoms with van der Waals surface area (Å²) in [6, 6.07) is 3.24. The molecule has 1 N–H and O–H groups in total. The molecule has 1 aliphatic carbocycles. The van der Waals surface area contributed by atoms with Gasteiger partial charge in [0.25, 0.3) is 5.95 Å². The van der Waals surface area contributed by atoms with Crippen LogP contribution in [0.4, 0.5) is 38.0 Å². The molecule has 266 valence electrons. The SMILES string of the molecule is Cc1c2c(cc3c1N(CCC1CCC(CC(=O)O)CC1)CCC[C@@H]3N(Cc1cc(C(F)(F)F)cc(C(F)(F)F)c1)c1nnn(C)n1)COC2. The first kappa shape index (κ1) is 35.0. The number of aryl methyl sites for hydroxylation is 1. The predicted octanol–water partition coefficient (Wildman–Crippen LogP) is 7.61. The maximum absolute atomic E-state index is 13.8. The number of fused-ring (bicyclic) bond motifs is 2. The van der Waals surface area contributed by atoms with E-state index in [0.29, 0.717) is 38.5 Å². The van der Waals surface area contributed by atoms with E-state index in [1.54, 1.807) is 11.9 Å². The van der Waals surface area contributed by atoms with Crippen molar-refractivity contribution >= 4 is 17.6 Å². The molecule has 49 heavy (non-hydrogen) atoms. The van der Waals surface area contributed by atoms with Crippen molar-refractivity contribution in [1.29, 1.82) is 0 Å². The van der Waals surface area contributed by atoms with E-state index < -0.39 is 35.5 Å². The molecule has 0 bridgehead atoms. The van der Waals surface area contributed by atoms with Crippen LogP contribution in [0.25, 0.3) is 0 Å². The second-order valence-corrected chi connectivity index (χ2v) is 13.6. The molecule has 3 heterocycles. The first-order valence-corrected chi connectivity index (χ1v) is 16.7. The summed E-state index contributed by atoms with van der Waals surface area (Å²) in [5.74, 6) is 0.0220. The summed E-state index contributed by atoms with van der Waals surface area (Å²) in [6.07, 6.45) is -3.84. The number of ether oxygens (including phenoxy) is 1. The Morgan fingerprint density at radius 2 is 1.65 bits per heavy atom. The standard InChI is InChI=1S/C34H40F6N6O3/c1-20-28-19-49-18-24(28)15-27-29(4-3-10-45(31(20)27)11-9-21-5-7-22(8-6-21)14-30(47)48)46(32-41-43-44(2)42-32)17-23-12-25(33(35,36)37)16-26(13-23)34(38,39)40/h12-13,15-16,21-22,29H,3-11,14,17-19H2,1-2H3,(H,47,48)/t21?,22?,29-/m0/s1. The summed E-state index contributed by atoms with van der Waals surface area (Å²) in [5, 5.41) is 21.7. The number of alkyl halides is 6. The van der Waals surface area contributed by atoms with Gasteiger partial charge in [-0.25, -0.2) is 0 Å². The number of halogens is 6. The van der Waals surface area contributed by atoms with Crippen LogP contribution >= 0.6 is 0 Å². The van der Waals surface area contributed by atoms with E-state index in [0.717, 1.165) is 78.7 Å². The summed E-state index contributed by atoms with van der Waals surface area (Å²) < 4.78 is 88.8. The summed E-state index contributed by atoms with van der Waals surface area (Å²) in [5.41, 5.74) is 2.13. The second kappa shape index (κ2) is 13.8. The lowest BCUT2D eigenvalue weighted by Gasteiger charge is -2.35. The van der Waals surface area contributed by atoms with Gasteiger partial charge in [-0.3, -0.25) is 4.79 Å². The molecule has 2 aliphatic heterocycles. The van der Waals surface area contributed by atoms with Crippen molar-refractivity contribution in [3.8, 4) is 0 Å². The lowest BCUT2D eigenvalue weighted by atomic mass is 9.79. The van der Waals surface area contributed by atoms with Gasteiger partial charge in [-0.05, 0) is 108 Å². The molecule has 1 fully saturated rings. The highest BCUT2D eigenvalue weighted by Crippen LogP contribution is 2.45. The fourth-order valence-electron chi connectivity index (χ4n) is 7.83. The van der Waals surface area contributed by atoms with Gasteiger partial charge in [0.05, 0.1) is 37.4 Å². The molecule has 0 unspecified atom stereocenters. The minimum atomic E-state index is -4.98. The van der Waals surface area contributed by atoms with Crippen molar-refractivity contribution in [2.75, 3.05) is 22.9 Å². The fourth-order valence-corrected chi connectivity index (χ4v) is 7.83. The molecule has 6 rings (SSSR count). The second-order valence-electron chi connectivity index (χ2n) is 13.6. The molecular formula is C34H40F6N6O3. The smallest absolute Gasteiger partial charge is 0.416 e. The van der Waals surface area contributed by atoms with Gasteiger partial charge in [0, 0.05) is 31.7 Å². The third kappa shape index (κ3) is 7.81. The van der Waals surface area contributed by atoms with E-state index in [4.69, 9.17) is 4.74 Å². The highest BCUT2D eigenvalue weighted by molar-refractivity contribution is 5.67. The van der Waals surface area contributed by atoms with Crippen LogP contribution in [-0.4, -0.2) is 44.4 Å². The van der Waals surface area contributed by atoms with Crippen LogP contribution in [0.5, 0.6) is 0 Å². The van der Waals surface area contributed by atoms with Crippen molar-refractivity contribution in [2.45, 2.75) is 96.4 Å².